The number of pyridine rings is 1. The van der Waals surface area contributed by atoms with Gasteiger partial charge in [-0.2, -0.15) is 0 Å². The zero-order valence-corrected chi connectivity index (χ0v) is 18.2. The lowest BCUT2D eigenvalue weighted by Gasteiger charge is -2.26. The van der Waals surface area contributed by atoms with E-state index >= 15 is 0 Å². The summed E-state index contributed by atoms with van der Waals surface area (Å²) in [6, 6.07) is 19.7. The van der Waals surface area contributed by atoms with Gasteiger partial charge in [0.1, 0.15) is 5.75 Å². The van der Waals surface area contributed by atoms with E-state index in [2.05, 4.69) is 4.98 Å². The molecule has 1 unspecified atom stereocenters. The number of hydrogen-bond donors (Lipinski definition) is 1. The summed E-state index contributed by atoms with van der Waals surface area (Å²) in [5, 5.41) is 0. The second-order valence-electron chi connectivity index (χ2n) is 8.32. The number of primary amides is 1. The molecule has 6 heteroatoms. The van der Waals surface area contributed by atoms with Crippen LogP contribution in [-0.4, -0.2) is 41.9 Å². The number of carbonyl (C=O) groups excluding carboxylic acids is 2. The van der Waals surface area contributed by atoms with Gasteiger partial charge in [-0.15, -0.1) is 0 Å². The van der Waals surface area contributed by atoms with Crippen LogP contribution in [0.15, 0.2) is 73.1 Å². The van der Waals surface area contributed by atoms with E-state index in [1.54, 1.807) is 24.4 Å². The van der Waals surface area contributed by atoms with Crippen LogP contribution in [-0.2, 0) is 22.4 Å². The highest BCUT2D eigenvalue weighted by atomic mass is 16.5. The molecule has 1 saturated heterocycles. The minimum absolute atomic E-state index is 0.00681. The quantitative estimate of drug-likeness (QED) is 0.625. The van der Waals surface area contributed by atoms with E-state index in [0.717, 1.165) is 28.0 Å². The monoisotopic (exact) mass is 429 g/mol. The molecule has 0 aliphatic carbocycles. The molecule has 6 nitrogen and oxygen atoms in total. The lowest BCUT2D eigenvalue weighted by atomic mass is 9.80. The lowest BCUT2D eigenvalue weighted by molar-refractivity contribution is -0.131. The first-order chi connectivity index (χ1) is 15.5. The fourth-order valence-corrected chi connectivity index (χ4v) is 4.38. The Morgan fingerprint density at radius 2 is 1.84 bits per heavy atom. The van der Waals surface area contributed by atoms with Crippen LogP contribution in [0.2, 0.25) is 0 Å². The molecule has 1 aliphatic rings. The van der Waals surface area contributed by atoms with Crippen molar-refractivity contribution >= 4 is 11.8 Å². The van der Waals surface area contributed by atoms with Gasteiger partial charge in [-0.1, -0.05) is 48.5 Å². The largest absolute Gasteiger partial charge is 0.496 e. The van der Waals surface area contributed by atoms with Crippen molar-refractivity contribution in [2.24, 2.45) is 11.1 Å². The molecule has 1 atom stereocenters. The number of hydrogen-bond acceptors (Lipinski definition) is 4. The molecule has 4 rings (SSSR count). The Bertz CT molecular complexity index is 1100. The highest BCUT2D eigenvalue weighted by molar-refractivity contribution is 5.85. The predicted molar refractivity (Wildman–Crippen MR) is 123 cm³/mol. The second kappa shape index (κ2) is 9.22. The molecule has 2 N–H and O–H groups in total. The van der Waals surface area contributed by atoms with Crippen molar-refractivity contribution in [1.82, 2.24) is 9.88 Å². The SMILES string of the molecule is COc1ccccc1-c1ccc(CC2(C(N)=O)CCN(C(=O)Cc3cccnc3)C2)cc1. The van der Waals surface area contributed by atoms with Crippen LogP contribution in [0, 0.1) is 5.41 Å². The van der Waals surface area contributed by atoms with Gasteiger partial charge in [0.05, 0.1) is 18.9 Å². The minimum Gasteiger partial charge on any atom is -0.496 e. The molecular formula is C26H27N3O3. The fraction of sp³-hybridized carbons (Fsp3) is 0.269. The Kier molecular flexibility index (Phi) is 6.21. The summed E-state index contributed by atoms with van der Waals surface area (Å²) in [7, 11) is 1.66. The smallest absolute Gasteiger partial charge is 0.227 e. The number of nitrogens with two attached hydrogens (primary N) is 1. The van der Waals surface area contributed by atoms with Crippen molar-refractivity contribution in [3.8, 4) is 16.9 Å². The molecule has 2 amide bonds. The third-order valence-electron chi connectivity index (χ3n) is 6.22. The number of para-hydroxylation sites is 1. The molecule has 2 heterocycles. The van der Waals surface area contributed by atoms with E-state index in [1.165, 1.54) is 0 Å². The zero-order valence-electron chi connectivity index (χ0n) is 18.2. The van der Waals surface area contributed by atoms with Crippen molar-refractivity contribution in [3.05, 3.63) is 84.2 Å². The maximum Gasteiger partial charge on any atom is 0.227 e. The summed E-state index contributed by atoms with van der Waals surface area (Å²) >= 11 is 0. The molecule has 1 aliphatic heterocycles. The van der Waals surface area contributed by atoms with E-state index < -0.39 is 5.41 Å². The average Bonchev–Trinajstić information content (AvgIpc) is 3.26. The maximum atomic E-state index is 12.8. The number of amides is 2. The van der Waals surface area contributed by atoms with Gasteiger partial charge in [0.2, 0.25) is 11.8 Å². The highest BCUT2D eigenvalue weighted by Crippen LogP contribution is 2.36. The van der Waals surface area contributed by atoms with Crippen LogP contribution >= 0.6 is 0 Å². The topological polar surface area (TPSA) is 85.5 Å². The molecule has 164 valence electrons. The van der Waals surface area contributed by atoms with E-state index in [4.69, 9.17) is 10.5 Å². The number of ether oxygens (including phenoxy) is 1. The molecule has 2 aromatic carbocycles. The van der Waals surface area contributed by atoms with E-state index in [-0.39, 0.29) is 18.2 Å². The van der Waals surface area contributed by atoms with Crippen LogP contribution in [0.5, 0.6) is 5.75 Å². The Labute approximate surface area is 188 Å². The number of carbonyl (C=O) groups is 2. The first-order valence-corrected chi connectivity index (χ1v) is 10.7. The van der Waals surface area contributed by atoms with Gasteiger partial charge < -0.3 is 15.4 Å². The van der Waals surface area contributed by atoms with E-state index in [1.807, 2.05) is 60.7 Å². The number of aromatic nitrogens is 1. The third kappa shape index (κ3) is 4.49. The van der Waals surface area contributed by atoms with Crippen molar-refractivity contribution < 1.29 is 14.3 Å². The van der Waals surface area contributed by atoms with Crippen LogP contribution in [0.4, 0.5) is 0 Å². The Morgan fingerprint density at radius 1 is 1.06 bits per heavy atom. The number of benzene rings is 2. The van der Waals surface area contributed by atoms with Crippen molar-refractivity contribution in [3.63, 3.8) is 0 Å². The summed E-state index contributed by atoms with van der Waals surface area (Å²) in [4.78, 5) is 31.1. The molecule has 0 saturated carbocycles. The normalized spacial score (nSPS) is 17.8. The first kappa shape index (κ1) is 21.6. The molecule has 1 fully saturated rings. The molecular weight excluding hydrogens is 402 g/mol. The third-order valence-corrected chi connectivity index (χ3v) is 6.22. The summed E-state index contributed by atoms with van der Waals surface area (Å²) in [6.07, 6.45) is 4.72. The number of nitrogens with zero attached hydrogens (tertiary/aromatic N) is 2. The van der Waals surface area contributed by atoms with E-state index in [0.29, 0.717) is 25.9 Å². The molecule has 32 heavy (non-hydrogen) atoms. The first-order valence-electron chi connectivity index (χ1n) is 10.7. The summed E-state index contributed by atoms with van der Waals surface area (Å²) in [5.74, 6) is 0.447. The molecule has 0 bridgehead atoms. The van der Waals surface area contributed by atoms with Gasteiger partial charge in [-0.05, 0) is 41.7 Å². The van der Waals surface area contributed by atoms with Crippen molar-refractivity contribution in [2.75, 3.05) is 20.2 Å². The fourth-order valence-electron chi connectivity index (χ4n) is 4.38. The Morgan fingerprint density at radius 3 is 2.53 bits per heavy atom. The molecule has 3 aromatic rings. The zero-order chi connectivity index (χ0) is 22.6. The van der Waals surface area contributed by atoms with Crippen LogP contribution in [0.1, 0.15) is 17.5 Å². The summed E-state index contributed by atoms with van der Waals surface area (Å²) in [5.41, 5.74) is 9.03. The van der Waals surface area contributed by atoms with E-state index in [9.17, 15) is 9.59 Å². The average molecular weight is 430 g/mol. The van der Waals surface area contributed by atoms with Crippen molar-refractivity contribution in [2.45, 2.75) is 19.3 Å². The van der Waals surface area contributed by atoms with Gasteiger partial charge in [-0.25, -0.2) is 0 Å². The summed E-state index contributed by atoms with van der Waals surface area (Å²) < 4.78 is 5.46. The number of rotatable bonds is 7. The highest BCUT2D eigenvalue weighted by Gasteiger charge is 2.44. The van der Waals surface area contributed by atoms with Gasteiger partial charge in [0.25, 0.3) is 0 Å². The van der Waals surface area contributed by atoms with Gasteiger partial charge in [0, 0.05) is 31.0 Å². The maximum absolute atomic E-state index is 12.8. The number of methoxy groups -OCH3 is 1. The van der Waals surface area contributed by atoms with Gasteiger partial charge in [0.15, 0.2) is 0 Å². The number of likely N-dealkylation sites (tertiary alicyclic amines) is 1. The standard InChI is InChI=1S/C26H27N3O3/c1-32-23-7-3-2-6-22(23)21-10-8-19(9-11-21)16-26(25(27)31)12-14-29(18-26)24(30)15-20-5-4-13-28-17-20/h2-11,13,17H,12,14-16,18H2,1H3,(H2,27,31). The van der Waals surface area contributed by atoms with Gasteiger partial charge >= 0.3 is 0 Å². The Balaban J connectivity index is 1.48. The van der Waals surface area contributed by atoms with Crippen LogP contribution < -0.4 is 10.5 Å². The van der Waals surface area contributed by atoms with Crippen LogP contribution in [0.3, 0.4) is 0 Å². The van der Waals surface area contributed by atoms with Gasteiger partial charge in [-0.3, -0.25) is 14.6 Å². The Hall–Kier alpha value is -3.67. The minimum atomic E-state index is -0.753. The molecule has 0 radical (unpaired) electrons. The summed E-state index contributed by atoms with van der Waals surface area (Å²) in [6.45, 7) is 0.872. The van der Waals surface area contributed by atoms with Crippen molar-refractivity contribution in [1.29, 1.82) is 0 Å². The second-order valence-corrected chi connectivity index (χ2v) is 8.32. The van der Waals surface area contributed by atoms with Crippen LogP contribution in [0.25, 0.3) is 11.1 Å². The lowest BCUT2D eigenvalue weighted by Crippen LogP contribution is -2.42. The molecule has 0 spiro atoms. The predicted octanol–water partition coefficient (Wildman–Crippen LogP) is 3.25. The molecule has 1 aromatic heterocycles.